The number of esters is 1. The van der Waals surface area contributed by atoms with Crippen LogP contribution in [0, 0.1) is 0 Å². The molecule has 0 aliphatic rings. The molecule has 0 bridgehead atoms. The van der Waals surface area contributed by atoms with Crippen molar-refractivity contribution in [2.24, 2.45) is 0 Å². The normalized spacial score (nSPS) is 13.6. The molecule has 0 saturated heterocycles. The minimum atomic E-state index is -1.34. The number of hydrogen-bond donors (Lipinski definition) is 3. The maximum absolute atomic E-state index is 11.1. The second-order valence-corrected chi connectivity index (χ2v) is 4.47. The van der Waals surface area contributed by atoms with Crippen molar-refractivity contribution in [1.29, 1.82) is 0 Å². The Morgan fingerprint density at radius 1 is 1.27 bits per heavy atom. The molecule has 2 atom stereocenters. The number of ether oxygens (including phenoxy) is 2. The first-order valence-corrected chi connectivity index (χ1v) is 6.41. The highest BCUT2D eigenvalue weighted by Gasteiger charge is 2.22. The third-order valence-electron chi connectivity index (χ3n) is 2.97. The summed E-state index contributed by atoms with van der Waals surface area (Å²) in [6.07, 6.45) is -0.772. The van der Waals surface area contributed by atoms with E-state index in [4.69, 9.17) is 9.84 Å². The van der Waals surface area contributed by atoms with Crippen molar-refractivity contribution < 1.29 is 34.4 Å². The van der Waals surface area contributed by atoms with E-state index in [1.54, 1.807) is 0 Å². The Balaban J connectivity index is 3.02. The van der Waals surface area contributed by atoms with Gasteiger partial charge in [0.2, 0.25) is 0 Å². The lowest BCUT2D eigenvalue weighted by Gasteiger charge is -2.18. The van der Waals surface area contributed by atoms with Gasteiger partial charge in [-0.3, -0.25) is 4.79 Å². The van der Waals surface area contributed by atoms with Crippen LogP contribution in [0.2, 0.25) is 0 Å². The molecule has 0 saturated carbocycles. The van der Waals surface area contributed by atoms with Crippen molar-refractivity contribution in [3.63, 3.8) is 0 Å². The number of hydrogen-bond acceptors (Lipinski definition) is 6. The molecule has 2 unspecified atom stereocenters. The van der Waals surface area contributed by atoms with Crippen molar-refractivity contribution in [3.05, 3.63) is 35.4 Å². The van der Waals surface area contributed by atoms with Gasteiger partial charge >= 0.3 is 11.9 Å². The molecule has 0 aliphatic heterocycles. The van der Waals surface area contributed by atoms with Crippen molar-refractivity contribution in [1.82, 2.24) is 0 Å². The Kier molecular flexibility index (Phi) is 6.55. The lowest BCUT2D eigenvalue weighted by molar-refractivity contribution is -0.144. The first-order chi connectivity index (χ1) is 10.4. The first kappa shape index (κ1) is 17.7. The minimum absolute atomic E-state index is 0.322. The molecule has 0 radical (unpaired) electrons. The summed E-state index contributed by atoms with van der Waals surface area (Å²) < 4.78 is 9.52. The molecular formula is C15H18O7. The standard InChI is InChI=1S/C15H18O7/c1-21-12-5-3-10(7-9(12)4-6-13(17)18)15(20)11(16)8-14(19)22-2/h3-7,11,15-16,20H,8H2,1-2H3,(H,17,18)/b6-4+. The Hall–Kier alpha value is -2.38. The molecule has 3 N–H and O–H groups in total. The van der Waals surface area contributed by atoms with Gasteiger partial charge in [-0.25, -0.2) is 4.79 Å². The van der Waals surface area contributed by atoms with Gasteiger partial charge in [-0.15, -0.1) is 0 Å². The topological polar surface area (TPSA) is 113 Å². The fourth-order valence-corrected chi connectivity index (χ4v) is 1.82. The summed E-state index contributed by atoms with van der Waals surface area (Å²) in [4.78, 5) is 21.7. The molecule has 120 valence electrons. The van der Waals surface area contributed by atoms with Crippen LogP contribution < -0.4 is 4.74 Å². The average Bonchev–Trinajstić information content (AvgIpc) is 2.51. The third-order valence-corrected chi connectivity index (χ3v) is 2.97. The van der Waals surface area contributed by atoms with Crippen molar-refractivity contribution in [2.75, 3.05) is 14.2 Å². The summed E-state index contributed by atoms with van der Waals surface area (Å²) >= 11 is 0. The number of benzene rings is 1. The monoisotopic (exact) mass is 310 g/mol. The minimum Gasteiger partial charge on any atom is -0.496 e. The van der Waals surface area contributed by atoms with Crippen LogP contribution in [0.1, 0.15) is 23.7 Å². The lowest BCUT2D eigenvalue weighted by atomic mass is 9.99. The maximum Gasteiger partial charge on any atom is 0.328 e. The fourth-order valence-electron chi connectivity index (χ4n) is 1.82. The smallest absolute Gasteiger partial charge is 0.328 e. The predicted molar refractivity (Wildman–Crippen MR) is 77.3 cm³/mol. The number of aliphatic carboxylic acids is 1. The van der Waals surface area contributed by atoms with Gasteiger partial charge in [-0.05, 0) is 23.8 Å². The van der Waals surface area contributed by atoms with E-state index in [0.717, 1.165) is 6.08 Å². The van der Waals surface area contributed by atoms with Crippen LogP contribution in [-0.4, -0.2) is 47.6 Å². The van der Waals surface area contributed by atoms with E-state index in [-0.39, 0.29) is 6.42 Å². The molecule has 0 aliphatic carbocycles. The number of rotatable bonds is 7. The van der Waals surface area contributed by atoms with Crippen molar-refractivity contribution in [2.45, 2.75) is 18.6 Å². The van der Waals surface area contributed by atoms with Crippen LogP contribution >= 0.6 is 0 Å². The SMILES string of the molecule is COC(=O)CC(O)C(O)c1ccc(OC)c(/C=C/C(=O)O)c1. The highest BCUT2D eigenvalue weighted by Crippen LogP contribution is 2.27. The van der Waals surface area contributed by atoms with Gasteiger partial charge in [-0.1, -0.05) is 6.07 Å². The van der Waals surface area contributed by atoms with Crippen LogP contribution in [0.3, 0.4) is 0 Å². The van der Waals surface area contributed by atoms with Crippen LogP contribution in [0.15, 0.2) is 24.3 Å². The number of carboxylic acids is 1. The number of carbonyl (C=O) groups is 2. The van der Waals surface area contributed by atoms with Crippen LogP contribution in [0.5, 0.6) is 5.75 Å². The van der Waals surface area contributed by atoms with E-state index in [2.05, 4.69) is 4.74 Å². The van der Waals surface area contributed by atoms with Crippen LogP contribution in [-0.2, 0) is 14.3 Å². The van der Waals surface area contributed by atoms with Gasteiger partial charge in [-0.2, -0.15) is 0 Å². The van der Waals surface area contributed by atoms with Crippen molar-refractivity contribution >= 4 is 18.0 Å². The molecule has 0 amide bonds. The van der Waals surface area contributed by atoms with Gasteiger partial charge in [0.05, 0.1) is 26.7 Å². The van der Waals surface area contributed by atoms with E-state index in [1.807, 2.05) is 0 Å². The number of aliphatic hydroxyl groups is 2. The molecule has 0 heterocycles. The third kappa shape index (κ3) is 4.87. The van der Waals surface area contributed by atoms with Crippen LogP contribution in [0.25, 0.3) is 6.08 Å². The zero-order valence-electron chi connectivity index (χ0n) is 12.2. The molecule has 1 rings (SSSR count). The summed E-state index contributed by atoms with van der Waals surface area (Å²) in [7, 11) is 2.61. The second-order valence-electron chi connectivity index (χ2n) is 4.47. The maximum atomic E-state index is 11.1. The average molecular weight is 310 g/mol. The Morgan fingerprint density at radius 3 is 2.50 bits per heavy atom. The molecule has 1 aromatic carbocycles. The largest absolute Gasteiger partial charge is 0.496 e. The highest BCUT2D eigenvalue weighted by atomic mass is 16.5. The summed E-state index contributed by atoms with van der Waals surface area (Å²) in [6, 6.07) is 4.52. The van der Waals surface area contributed by atoms with Gasteiger partial charge in [0.15, 0.2) is 0 Å². The number of methoxy groups -OCH3 is 2. The van der Waals surface area contributed by atoms with E-state index < -0.39 is 24.1 Å². The fraction of sp³-hybridized carbons (Fsp3) is 0.333. The summed E-state index contributed by atoms with van der Waals surface area (Å²) in [5.74, 6) is -1.36. The Bertz CT molecular complexity index is 565. The second kappa shape index (κ2) is 8.16. The van der Waals surface area contributed by atoms with Gasteiger partial charge in [0.25, 0.3) is 0 Å². The summed E-state index contributed by atoms with van der Waals surface area (Å²) in [5, 5.41) is 28.5. The summed E-state index contributed by atoms with van der Waals surface area (Å²) in [6.45, 7) is 0. The summed E-state index contributed by atoms with van der Waals surface area (Å²) in [5.41, 5.74) is 0.744. The Morgan fingerprint density at radius 2 is 1.95 bits per heavy atom. The molecule has 0 fully saturated rings. The number of carbonyl (C=O) groups excluding carboxylic acids is 1. The van der Waals surface area contributed by atoms with Gasteiger partial charge < -0.3 is 24.8 Å². The number of carboxylic acid groups (broad SMARTS) is 1. The predicted octanol–water partition coefficient (Wildman–Crippen LogP) is 0.750. The number of aliphatic hydroxyl groups excluding tert-OH is 2. The highest BCUT2D eigenvalue weighted by molar-refractivity contribution is 5.86. The van der Waals surface area contributed by atoms with Crippen LogP contribution in [0.4, 0.5) is 0 Å². The molecule has 7 nitrogen and oxygen atoms in total. The zero-order valence-corrected chi connectivity index (χ0v) is 12.2. The molecular weight excluding hydrogens is 292 g/mol. The molecule has 0 aromatic heterocycles. The molecule has 1 aromatic rings. The van der Waals surface area contributed by atoms with Gasteiger partial charge in [0, 0.05) is 11.6 Å². The van der Waals surface area contributed by atoms with E-state index >= 15 is 0 Å². The van der Waals surface area contributed by atoms with E-state index in [0.29, 0.717) is 16.9 Å². The molecule has 0 spiro atoms. The quantitative estimate of drug-likeness (QED) is 0.503. The Labute approximate surface area is 127 Å². The van der Waals surface area contributed by atoms with E-state index in [1.165, 1.54) is 38.5 Å². The van der Waals surface area contributed by atoms with Crippen molar-refractivity contribution in [3.8, 4) is 5.75 Å². The molecule has 7 heteroatoms. The van der Waals surface area contributed by atoms with Gasteiger partial charge in [0.1, 0.15) is 11.9 Å². The lowest BCUT2D eigenvalue weighted by Crippen LogP contribution is -2.22. The van der Waals surface area contributed by atoms with E-state index in [9.17, 15) is 19.8 Å². The molecule has 22 heavy (non-hydrogen) atoms. The first-order valence-electron chi connectivity index (χ1n) is 6.41. The zero-order chi connectivity index (χ0) is 16.7.